The lowest BCUT2D eigenvalue weighted by Gasteiger charge is -2.17. The fourth-order valence-corrected chi connectivity index (χ4v) is 2.53. The Bertz CT molecular complexity index is 697. The monoisotopic (exact) mass is 342 g/mol. The van der Waals surface area contributed by atoms with Gasteiger partial charge in [0, 0.05) is 18.7 Å². The molecule has 0 amide bonds. The Kier molecular flexibility index (Phi) is 6.75. The van der Waals surface area contributed by atoms with Gasteiger partial charge in [0.25, 0.3) is 0 Å². The number of thiocarbonyl (C=S) groups is 1. The summed E-state index contributed by atoms with van der Waals surface area (Å²) in [5.41, 5.74) is 1.02. The van der Waals surface area contributed by atoms with E-state index in [0.717, 1.165) is 19.4 Å². The second-order valence-electron chi connectivity index (χ2n) is 5.30. The minimum Gasteiger partial charge on any atom is -0.867 e. The second kappa shape index (κ2) is 9.03. The van der Waals surface area contributed by atoms with Gasteiger partial charge in [-0.25, -0.2) is 0 Å². The molecule has 1 N–H and O–H groups in total. The Hall–Kier alpha value is -2.40. The fourth-order valence-electron chi connectivity index (χ4n) is 2.23. The summed E-state index contributed by atoms with van der Waals surface area (Å²) in [6.07, 6.45) is 5.72. The van der Waals surface area contributed by atoms with E-state index in [0.29, 0.717) is 22.0 Å². The first kappa shape index (κ1) is 17.9. The maximum Gasteiger partial charge on any atom is 0.237 e. The molecule has 1 heterocycles. The minimum absolute atomic E-state index is 0.122. The van der Waals surface area contributed by atoms with Crippen LogP contribution in [-0.4, -0.2) is 18.6 Å². The van der Waals surface area contributed by atoms with Crippen molar-refractivity contribution in [3.8, 4) is 5.75 Å². The predicted molar refractivity (Wildman–Crippen MR) is 98.2 cm³/mol. The number of nitrogens with zero attached hydrogens (tertiary/aromatic N) is 1. The van der Waals surface area contributed by atoms with E-state index in [-0.39, 0.29) is 5.76 Å². The van der Waals surface area contributed by atoms with Crippen LogP contribution in [0.2, 0.25) is 0 Å². The van der Waals surface area contributed by atoms with Gasteiger partial charge in [-0.15, -0.1) is 0 Å². The molecule has 0 saturated heterocycles. The molecule has 0 aliphatic carbocycles. The highest BCUT2D eigenvalue weighted by Crippen LogP contribution is 2.18. The third-order valence-corrected chi connectivity index (χ3v) is 3.91. The van der Waals surface area contributed by atoms with Gasteiger partial charge >= 0.3 is 0 Å². The lowest BCUT2D eigenvalue weighted by atomic mass is 10.1. The van der Waals surface area contributed by atoms with Crippen molar-refractivity contribution >= 4 is 28.7 Å². The van der Waals surface area contributed by atoms with Gasteiger partial charge in [-0.3, -0.25) is 0 Å². The molecule has 0 saturated carbocycles. The SMILES string of the molecule is CCCCNC(=S)/C(=C(\[O-])c1ccc(OC)cc1)[n+]1ccccc1. The smallest absolute Gasteiger partial charge is 0.237 e. The van der Waals surface area contributed by atoms with Crippen LogP contribution < -0.4 is 19.7 Å². The molecule has 0 aliphatic heterocycles. The van der Waals surface area contributed by atoms with Crippen molar-refractivity contribution in [2.75, 3.05) is 13.7 Å². The first-order chi connectivity index (χ1) is 11.7. The van der Waals surface area contributed by atoms with Crippen LogP contribution in [-0.2, 0) is 0 Å². The Morgan fingerprint density at radius 1 is 1.17 bits per heavy atom. The summed E-state index contributed by atoms with van der Waals surface area (Å²) < 4.78 is 6.90. The number of ether oxygens (including phenoxy) is 1. The first-order valence-corrected chi connectivity index (χ1v) is 8.38. The van der Waals surface area contributed by atoms with Crippen LogP contribution in [0.15, 0.2) is 54.9 Å². The number of benzene rings is 1. The highest BCUT2D eigenvalue weighted by molar-refractivity contribution is 7.81. The van der Waals surface area contributed by atoms with Crippen LogP contribution in [0.5, 0.6) is 5.75 Å². The van der Waals surface area contributed by atoms with Gasteiger partial charge < -0.3 is 15.2 Å². The van der Waals surface area contributed by atoms with Crippen molar-refractivity contribution in [1.29, 1.82) is 0 Å². The van der Waals surface area contributed by atoms with Gasteiger partial charge in [0.2, 0.25) is 5.70 Å². The number of unbranched alkanes of at least 4 members (excludes halogenated alkanes) is 1. The Balaban J connectivity index is 2.41. The maximum atomic E-state index is 13.0. The molecule has 2 rings (SSSR count). The third kappa shape index (κ3) is 4.55. The van der Waals surface area contributed by atoms with Crippen LogP contribution in [0.1, 0.15) is 25.3 Å². The fraction of sp³-hybridized carbons (Fsp3) is 0.263. The van der Waals surface area contributed by atoms with Crippen LogP contribution in [0.4, 0.5) is 0 Å². The zero-order chi connectivity index (χ0) is 17.4. The second-order valence-corrected chi connectivity index (χ2v) is 5.71. The molecule has 5 heteroatoms. The number of pyridine rings is 1. The molecule has 0 unspecified atom stereocenters. The topological polar surface area (TPSA) is 48.2 Å². The van der Waals surface area contributed by atoms with Gasteiger partial charge in [-0.1, -0.05) is 43.8 Å². The van der Waals surface area contributed by atoms with Crippen molar-refractivity contribution in [2.45, 2.75) is 19.8 Å². The van der Waals surface area contributed by atoms with Crippen molar-refractivity contribution in [3.05, 3.63) is 60.4 Å². The normalized spacial score (nSPS) is 11.6. The molecule has 126 valence electrons. The van der Waals surface area contributed by atoms with Crippen LogP contribution >= 0.6 is 12.2 Å². The van der Waals surface area contributed by atoms with E-state index in [1.54, 1.807) is 35.9 Å². The van der Waals surface area contributed by atoms with Crippen molar-refractivity contribution in [2.24, 2.45) is 0 Å². The summed E-state index contributed by atoms with van der Waals surface area (Å²) in [7, 11) is 1.60. The number of rotatable bonds is 7. The number of hydrogen-bond donors (Lipinski definition) is 1. The summed E-state index contributed by atoms with van der Waals surface area (Å²) in [5.74, 6) is 0.590. The van der Waals surface area contributed by atoms with E-state index in [1.165, 1.54) is 0 Å². The minimum atomic E-state index is -0.122. The Morgan fingerprint density at radius 2 is 1.83 bits per heavy atom. The lowest BCUT2D eigenvalue weighted by Crippen LogP contribution is -2.42. The van der Waals surface area contributed by atoms with Gasteiger partial charge in [-0.2, -0.15) is 4.57 Å². The van der Waals surface area contributed by atoms with Gasteiger partial charge in [-0.05, 0) is 29.9 Å². The summed E-state index contributed by atoms with van der Waals surface area (Å²) in [6, 6.07) is 12.7. The average Bonchev–Trinajstić information content (AvgIpc) is 2.63. The molecule has 24 heavy (non-hydrogen) atoms. The molecule has 0 radical (unpaired) electrons. The maximum absolute atomic E-state index is 13.0. The van der Waals surface area contributed by atoms with Crippen molar-refractivity contribution in [3.63, 3.8) is 0 Å². The van der Waals surface area contributed by atoms with E-state index < -0.39 is 0 Å². The van der Waals surface area contributed by atoms with Gasteiger partial charge in [0.05, 0.1) is 7.11 Å². The predicted octanol–water partition coefficient (Wildman–Crippen LogP) is 2.39. The van der Waals surface area contributed by atoms with E-state index in [2.05, 4.69) is 12.2 Å². The Labute approximate surface area is 148 Å². The van der Waals surface area contributed by atoms with Crippen molar-refractivity contribution < 1.29 is 14.4 Å². The van der Waals surface area contributed by atoms with Gasteiger partial charge in [0.1, 0.15) is 5.75 Å². The standard InChI is InChI=1S/C19H22N2O2S/c1-3-4-12-20-19(24)17(21-13-6-5-7-14-21)18(22)15-8-10-16(23-2)11-9-15/h5-11,13-14H,3-4,12H2,1-2H3,(H-,20,22,24). The Morgan fingerprint density at radius 3 is 2.42 bits per heavy atom. The molecule has 0 atom stereocenters. The highest BCUT2D eigenvalue weighted by Gasteiger charge is 2.17. The molecule has 0 spiro atoms. The van der Waals surface area contributed by atoms with E-state index in [1.807, 2.05) is 30.6 Å². The number of hydrogen-bond acceptors (Lipinski definition) is 3. The highest BCUT2D eigenvalue weighted by atomic mass is 32.1. The zero-order valence-corrected chi connectivity index (χ0v) is 14.8. The van der Waals surface area contributed by atoms with Crippen LogP contribution in [0, 0.1) is 0 Å². The van der Waals surface area contributed by atoms with E-state index in [4.69, 9.17) is 17.0 Å². The number of methoxy groups -OCH3 is 1. The average molecular weight is 342 g/mol. The van der Waals surface area contributed by atoms with Crippen molar-refractivity contribution in [1.82, 2.24) is 5.32 Å². The third-order valence-electron chi connectivity index (χ3n) is 3.57. The molecule has 1 aromatic heterocycles. The molecule has 0 bridgehead atoms. The molecule has 4 nitrogen and oxygen atoms in total. The first-order valence-electron chi connectivity index (χ1n) is 7.98. The summed E-state index contributed by atoms with van der Waals surface area (Å²) >= 11 is 5.48. The van der Waals surface area contributed by atoms with Crippen LogP contribution in [0.25, 0.3) is 11.5 Å². The summed E-state index contributed by atoms with van der Waals surface area (Å²) in [5, 5.41) is 16.2. The summed E-state index contributed by atoms with van der Waals surface area (Å²) in [6.45, 7) is 2.87. The number of aromatic nitrogens is 1. The molecular weight excluding hydrogens is 320 g/mol. The molecule has 1 aromatic carbocycles. The van der Waals surface area contributed by atoms with E-state index >= 15 is 0 Å². The zero-order valence-electron chi connectivity index (χ0n) is 14.0. The molecule has 0 fully saturated rings. The molecule has 0 aliphatic rings. The lowest BCUT2D eigenvalue weighted by molar-refractivity contribution is -0.577. The summed E-state index contributed by atoms with van der Waals surface area (Å²) in [4.78, 5) is 0.459. The molecule has 2 aromatic rings. The van der Waals surface area contributed by atoms with Crippen LogP contribution in [0.3, 0.4) is 0 Å². The largest absolute Gasteiger partial charge is 0.867 e. The number of nitrogens with one attached hydrogen (secondary N) is 1. The van der Waals surface area contributed by atoms with Gasteiger partial charge in [0.15, 0.2) is 17.4 Å². The molecular formula is C19H22N2O2S. The van der Waals surface area contributed by atoms with E-state index in [9.17, 15) is 5.11 Å². The quantitative estimate of drug-likeness (QED) is 0.276.